The minimum Gasteiger partial charge on any atom is -0.497 e. The monoisotopic (exact) mass is 408 g/mol. The van der Waals surface area contributed by atoms with E-state index in [0.717, 1.165) is 17.4 Å². The number of hydrogen-bond donors (Lipinski definition) is 1. The van der Waals surface area contributed by atoms with Gasteiger partial charge in [-0.3, -0.25) is 4.79 Å². The number of fused-ring (bicyclic) bond motifs is 1. The molecule has 0 saturated carbocycles. The Bertz CT molecular complexity index is 1150. The fourth-order valence-electron chi connectivity index (χ4n) is 4.30. The Balaban J connectivity index is 1.58. The van der Waals surface area contributed by atoms with Gasteiger partial charge in [0.25, 0.3) is 0 Å². The lowest BCUT2D eigenvalue weighted by atomic mass is 9.78. The molecule has 2 aromatic carbocycles. The number of aromatic nitrogens is 3. The van der Waals surface area contributed by atoms with Crippen LogP contribution in [0.2, 0.25) is 0 Å². The van der Waals surface area contributed by atoms with E-state index in [1.807, 2.05) is 24.3 Å². The zero-order valence-corrected chi connectivity index (χ0v) is 16.1. The number of nitrogens with zero attached hydrogens (tertiary/aromatic N) is 3. The highest BCUT2D eigenvalue weighted by atomic mass is 19.1. The first kappa shape index (κ1) is 18.5. The summed E-state index contributed by atoms with van der Waals surface area (Å²) in [5.41, 5.74) is 2.53. The van der Waals surface area contributed by atoms with Crippen LogP contribution in [0.4, 0.5) is 14.7 Å². The van der Waals surface area contributed by atoms with Gasteiger partial charge in [0.2, 0.25) is 5.95 Å². The predicted molar refractivity (Wildman–Crippen MR) is 105 cm³/mol. The van der Waals surface area contributed by atoms with Crippen molar-refractivity contribution >= 4 is 11.7 Å². The molecule has 6 nitrogen and oxygen atoms in total. The van der Waals surface area contributed by atoms with Gasteiger partial charge in [-0.15, -0.1) is 0 Å². The number of carbonyl (C=O) groups is 1. The molecule has 1 N–H and O–H groups in total. The average molecular weight is 408 g/mol. The maximum atomic E-state index is 13.9. The van der Waals surface area contributed by atoms with Crippen LogP contribution in [-0.2, 0) is 4.79 Å². The van der Waals surface area contributed by atoms with Crippen molar-refractivity contribution in [3.8, 4) is 5.75 Å². The summed E-state index contributed by atoms with van der Waals surface area (Å²) >= 11 is 0. The topological polar surface area (TPSA) is 69.0 Å². The molecular formula is C22H18F2N4O2. The van der Waals surface area contributed by atoms with Gasteiger partial charge in [-0.1, -0.05) is 12.1 Å². The molecule has 0 spiro atoms. The predicted octanol–water partition coefficient (Wildman–Crippen LogP) is 3.98. The summed E-state index contributed by atoms with van der Waals surface area (Å²) < 4.78 is 34.6. The number of ether oxygens (including phenoxy) is 1. The first-order chi connectivity index (χ1) is 14.5. The minimum atomic E-state index is -0.728. The second kappa shape index (κ2) is 7.05. The zero-order chi connectivity index (χ0) is 20.8. The van der Waals surface area contributed by atoms with Crippen molar-refractivity contribution < 1.29 is 18.3 Å². The molecule has 2 aliphatic rings. The first-order valence-corrected chi connectivity index (χ1v) is 9.56. The number of ketones is 1. The van der Waals surface area contributed by atoms with Crippen LogP contribution >= 0.6 is 0 Å². The van der Waals surface area contributed by atoms with Gasteiger partial charge in [0.15, 0.2) is 5.78 Å². The number of halogens is 2. The number of nitrogens with one attached hydrogen (secondary N) is 1. The van der Waals surface area contributed by atoms with E-state index in [-0.39, 0.29) is 11.7 Å². The van der Waals surface area contributed by atoms with Gasteiger partial charge in [0, 0.05) is 23.8 Å². The quantitative estimate of drug-likeness (QED) is 0.710. The molecular weight excluding hydrogens is 390 g/mol. The molecule has 0 radical (unpaired) electrons. The Kier molecular flexibility index (Phi) is 4.34. The normalized spacial score (nSPS) is 20.4. The average Bonchev–Trinajstić information content (AvgIpc) is 3.19. The highest BCUT2D eigenvalue weighted by Gasteiger charge is 2.39. The lowest BCUT2D eigenvalue weighted by Crippen LogP contribution is -2.33. The number of allylic oxidation sites excluding steroid dienone is 2. The SMILES string of the molecule is COc1ccc([C@@H]2CC(=O)C3=C(C2)Nc2ncnn2[C@@H]3c2cc(F)cc(F)c2)cc1. The third-order valence-electron chi connectivity index (χ3n) is 5.65. The van der Waals surface area contributed by atoms with E-state index in [4.69, 9.17) is 4.74 Å². The van der Waals surface area contributed by atoms with Crippen LogP contribution in [0, 0.1) is 11.6 Å². The van der Waals surface area contributed by atoms with E-state index in [9.17, 15) is 13.6 Å². The fraction of sp³-hybridized carbons (Fsp3) is 0.227. The molecule has 0 unspecified atom stereocenters. The molecule has 2 atom stereocenters. The Morgan fingerprint density at radius 2 is 1.80 bits per heavy atom. The van der Waals surface area contributed by atoms with Crippen LogP contribution in [-0.4, -0.2) is 27.7 Å². The lowest BCUT2D eigenvalue weighted by molar-refractivity contribution is -0.116. The summed E-state index contributed by atoms with van der Waals surface area (Å²) in [6.45, 7) is 0. The number of rotatable bonds is 3. The van der Waals surface area contributed by atoms with E-state index in [0.29, 0.717) is 35.6 Å². The minimum absolute atomic E-state index is 0.0194. The van der Waals surface area contributed by atoms with Crippen LogP contribution < -0.4 is 10.1 Å². The molecule has 0 fully saturated rings. The maximum Gasteiger partial charge on any atom is 0.226 e. The Hall–Kier alpha value is -3.55. The molecule has 1 aliphatic heterocycles. The van der Waals surface area contributed by atoms with E-state index in [2.05, 4.69) is 15.4 Å². The molecule has 5 rings (SSSR count). The van der Waals surface area contributed by atoms with Crippen molar-refractivity contribution in [1.82, 2.24) is 14.8 Å². The van der Waals surface area contributed by atoms with E-state index in [1.54, 1.807) is 7.11 Å². The third-order valence-corrected chi connectivity index (χ3v) is 5.65. The van der Waals surface area contributed by atoms with Gasteiger partial charge in [0.1, 0.15) is 29.8 Å². The standard InChI is InChI=1S/C22H18F2N4O2/c1-30-17-4-2-12(3-5-17)13-8-18-20(19(29)9-13)21(28-22(27-18)25-11-26-28)14-6-15(23)10-16(24)7-14/h2-7,10-11,13,21H,8-9H2,1H3,(H,25,26,27)/t13-,21+/m0/s1. The van der Waals surface area contributed by atoms with Crippen molar-refractivity contribution in [2.75, 3.05) is 12.4 Å². The van der Waals surface area contributed by atoms with Crippen molar-refractivity contribution in [3.05, 3.63) is 82.8 Å². The number of hydrogen-bond acceptors (Lipinski definition) is 5. The van der Waals surface area contributed by atoms with Crippen molar-refractivity contribution in [3.63, 3.8) is 0 Å². The summed E-state index contributed by atoms with van der Waals surface area (Å²) in [4.78, 5) is 17.5. The summed E-state index contributed by atoms with van der Waals surface area (Å²) in [5.74, 6) is -0.322. The molecule has 2 heterocycles. The van der Waals surface area contributed by atoms with Gasteiger partial charge in [-0.2, -0.15) is 10.1 Å². The van der Waals surface area contributed by atoms with E-state index >= 15 is 0 Å². The van der Waals surface area contributed by atoms with Crippen LogP contribution in [0.1, 0.15) is 35.9 Å². The highest BCUT2D eigenvalue weighted by molar-refractivity contribution is 6.00. The third kappa shape index (κ3) is 3.04. The second-order valence-corrected chi connectivity index (χ2v) is 7.45. The highest BCUT2D eigenvalue weighted by Crippen LogP contribution is 2.44. The maximum absolute atomic E-state index is 13.9. The molecule has 30 heavy (non-hydrogen) atoms. The number of benzene rings is 2. The molecule has 1 aromatic heterocycles. The molecule has 8 heteroatoms. The van der Waals surface area contributed by atoms with Gasteiger partial charge in [-0.05, 0) is 47.7 Å². The van der Waals surface area contributed by atoms with E-state index < -0.39 is 17.7 Å². The summed E-state index contributed by atoms with van der Waals surface area (Å²) in [5, 5.41) is 7.39. The molecule has 0 saturated heterocycles. The first-order valence-electron chi connectivity index (χ1n) is 9.56. The Labute approximate surface area is 171 Å². The molecule has 0 bridgehead atoms. The molecule has 152 valence electrons. The zero-order valence-electron chi connectivity index (χ0n) is 16.1. The lowest BCUT2D eigenvalue weighted by Gasteiger charge is -2.35. The summed E-state index contributed by atoms with van der Waals surface area (Å²) in [6.07, 6.45) is 2.23. The van der Waals surface area contributed by atoms with Gasteiger partial charge in [0.05, 0.1) is 7.11 Å². The van der Waals surface area contributed by atoms with Crippen LogP contribution in [0.3, 0.4) is 0 Å². The van der Waals surface area contributed by atoms with Gasteiger partial charge in [-0.25, -0.2) is 13.5 Å². The Morgan fingerprint density at radius 1 is 1.07 bits per heavy atom. The second-order valence-electron chi connectivity index (χ2n) is 7.45. The summed E-state index contributed by atoms with van der Waals surface area (Å²) in [6, 6.07) is 10.2. The Morgan fingerprint density at radius 3 is 2.50 bits per heavy atom. The number of methoxy groups -OCH3 is 1. The summed E-state index contributed by atoms with van der Waals surface area (Å²) in [7, 11) is 1.60. The number of carbonyl (C=O) groups excluding carboxylic acids is 1. The van der Waals surface area contributed by atoms with E-state index in [1.165, 1.54) is 23.1 Å². The largest absolute Gasteiger partial charge is 0.497 e. The van der Waals surface area contributed by atoms with Crippen LogP contribution in [0.25, 0.3) is 0 Å². The molecule has 1 aliphatic carbocycles. The molecule has 3 aromatic rings. The van der Waals surface area contributed by atoms with Crippen molar-refractivity contribution in [2.24, 2.45) is 0 Å². The molecule has 0 amide bonds. The van der Waals surface area contributed by atoms with Gasteiger partial charge < -0.3 is 10.1 Å². The number of anilines is 1. The van der Waals surface area contributed by atoms with Crippen LogP contribution in [0.15, 0.2) is 60.1 Å². The van der Waals surface area contributed by atoms with Crippen molar-refractivity contribution in [2.45, 2.75) is 24.8 Å². The number of Topliss-reactive ketones (excluding diaryl/α,β-unsaturated/α-hetero) is 1. The van der Waals surface area contributed by atoms with Crippen LogP contribution in [0.5, 0.6) is 5.75 Å². The smallest absolute Gasteiger partial charge is 0.226 e. The van der Waals surface area contributed by atoms with Gasteiger partial charge >= 0.3 is 0 Å². The van der Waals surface area contributed by atoms with Crippen molar-refractivity contribution in [1.29, 1.82) is 0 Å². The fourth-order valence-corrected chi connectivity index (χ4v) is 4.30.